The first-order chi connectivity index (χ1) is 13.3. The minimum absolute atomic E-state index is 0.343. The fourth-order valence-electron chi connectivity index (χ4n) is 3.08. The molecule has 0 bridgehead atoms. The molecule has 0 spiro atoms. The number of ether oxygens (including phenoxy) is 1. The molecular formula is C20H29N5OS. The van der Waals surface area contributed by atoms with Crippen molar-refractivity contribution in [3.05, 3.63) is 40.0 Å². The van der Waals surface area contributed by atoms with Crippen molar-refractivity contribution < 1.29 is 4.74 Å². The lowest BCUT2D eigenvalue weighted by atomic mass is 10.3. The molecular weight excluding hydrogens is 358 g/mol. The van der Waals surface area contributed by atoms with Gasteiger partial charge in [-0.25, -0.2) is 9.97 Å². The third-order valence-electron chi connectivity index (χ3n) is 4.65. The van der Waals surface area contributed by atoms with Crippen LogP contribution in [0.4, 0.5) is 0 Å². The summed E-state index contributed by atoms with van der Waals surface area (Å²) in [5.41, 5.74) is 1.10. The fraction of sp³-hybridized carbons (Fsp3) is 0.550. The molecule has 0 saturated heterocycles. The van der Waals surface area contributed by atoms with Gasteiger partial charge in [0.05, 0.1) is 5.01 Å². The lowest BCUT2D eigenvalue weighted by Crippen LogP contribution is -2.37. The van der Waals surface area contributed by atoms with Gasteiger partial charge in [0.25, 0.3) is 0 Å². The van der Waals surface area contributed by atoms with Crippen molar-refractivity contribution in [2.45, 2.75) is 58.1 Å². The summed E-state index contributed by atoms with van der Waals surface area (Å²) in [4.78, 5) is 14.5. The number of pyridine rings is 1. The second kappa shape index (κ2) is 10.3. The highest BCUT2D eigenvalue weighted by Crippen LogP contribution is 2.22. The zero-order chi connectivity index (χ0) is 18.9. The smallest absolute Gasteiger partial charge is 0.213 e. The average molecular weight is 388 g/mol. The summed E-state index contributed by atoms with van der Waals surface area (Å²) in [5.74, 6) is 1.51. The molecule has 1 aliphatic rings. The maximum atomic E-state index is 5.91. The first kappa shape index (κ1) is 19.6. The summed E-state index contributed by atoms with van der Waals surface area (Å²) in [6, 6.07) is 4.01. The van der Waals surface area contributed by atoms with E-state index in [1.54, 1.807) is 18.4 Å². The van der Waals surface area contributed by atoms with Crippen LogP contribution in [-0.4, -0.2) is 35.6 Å². The van der Waals surface area contributed by atoms with Crippen LogP contribution < -0.4 is 15.4 Å². The van der Waals surface area contributed by atoms with Gasteiger partial charge in [0.15, 0.2) is 5.96 Å². The maximum Gasteiger partial charge on any atom is 0.213 e. The third-order valence-corrected chi connectivity index (χ3v) is 5.85. The van der Waals surface area contributed by atoms with Crippen LogP contribution >= 0.6 is 11.3 Å². The summed E-state index contributed by atoms with van der Waals surface area (Å²) < 4.78 is 5.91. The zero-order valence-corrected chi connectivity index (χ0v) is 17.0. The molecule has 0 aromatic carbocycles. The van der Waals surface area contributed by atoms with Gasteiger partial charge in [-0.1, -0.05) is 13.0 Å². The van der Waals surface area contributed by atoms with E-state index in [-0.39, 0.29) is 0 Å². The highest BCUT2D eigenvalue weighted by Gasteiger charge is 2.16. The van der Waals surface area contributed by atoms with E-state index in [9.17, 15) is 0 Å². The predicted molar refractivity (Wildman–Crippen MR) is 111 cm³/mol. The monoisotopic (exact) mass is 387 g/mol. The second-order valence-corrected chi connectivity index (χ2v) is 7.91. The van der Waals surface area contributed by atoms with Crippen molar-refractivity contribution in [3.63, 3.8) is 0 Å². The Hall–Kier alpha value is -2.15. The molecule has 2 aromatic heterocycles. The van der Waals surface area contributed by atoms with Gasteiger partial charge >= 0.3 is 0 Å². The molecule has 1 fully saturated rings. The number of aryl methyl sites for hydroxylation is 1. The van der Waals surface area contributed by atoms with Crippen molar-refractivity contribution in [1.29, 1.82) is 0 Å². The Morgan fingerprint density at radius 3 is 2.74 bits per heavy atom. The Kier molecular flexibility index (Phi) is 7.45. The Balaban J connectivity index is 1.39. The summed E-state index contributed by atoms with van der Waals surface area (Å²) in [5, 5.41) is 7.82. The number of rotatable bonds is 8. The van der Waals surface area contributed by atoms with Gasteiger partial charge in [0.1, 0.15) is 6.10 Å². The molecule has 7 heteroatoms. The highest BCUT2D eigenvalue weighted by atomic mass is 32.1. The number of aliphatic imine (C=N–C) groups is 1. The van der Waals surface area contributed by atoms with E-state index in [0.717, 1.165) is 54.6 Å². The molecule has 146 valence electrons. The van der Waals surface area contributed by atoms with E-state index in [1.807, 2.05) is 18.5 Å². The Morgan fingerprint density at radius 2 is 2.07 bits per heavy atom. The summed E-state index contributed by atoms with van der Waals surface area (Å²) in [7, 11) is 1.78. The number of guanidine groups is 1. The molecule has 0 radical (unpaired) electrons. The van der Waals surface area contributed by atoms with Gasteiger partial charge in [-0.05, 0) is 37.7 Å². The second-order valence-electron chi connectivity index (χ2n) is 6.71. The predicted octanol–water partition coefficient (Wildman–Crippen LogP) is 3.33. The zero-order valence-electron chi connectivity index (χ0n) is 16.2. The number of aromatic nitrogens is 2. The number of thiazole rings is 1. The number of hydrogen-bond acceptors (Lipinski definition) is 5. The van der Waals surface area contributed by atoms with Crippen LogP contribution in [0.3, 0.4) is 0 Å². The summed E-state index contributed by atoms with van der Waals surface area (Å²) in [6.45, 7) is 3.64. The van der Waals surface area contributed by atoms with Crippen LogP contribution in [0.25, 0.3) is 0 Å². The Bertz CT molecular complexity index is 722. The molecule has 0 atom stereocenters. The maximum absolute atomic E-state index is 5.91. The fourth-order valence-corrected chi connectivity index (χ4v) is 3.95. The van der Waals surface area contributed by atoms with Crippen LogP contribution in [0, 0.1) is 0 Å². The molecule has 0 amide bonds. The van der Waals surface area contributed by atoms with Crippen molar-refractivity contribution in [2.24, 2.45) is 4.99 Å². The molecule has 27 heavy (non-hydrogen) atoms. The normalized spacial score (nSPS) is 15.1. The molecule has 2 heterocycles. The van der Waals surface area contributed by atoms with Gasteiger partial charge in [0, 0.05) is 49.9 Å². The molecule has 0 aliphatic heterocycles. The van der Waals surface area contributed by atoms with Crippen LogP contribution in [-0.2, 0) is 19.4 Å². The molecule has 1 saturated carbocycles. The molecule has 0 unspecified atom stereocenters. The van der Waals surface area contributed by atoms with Crippen LogP contribution in [0.5, 0.6) is 5.88 Å². The van der Waals surface area contributed by atoms with E-state index in [4.69, 9.17) is 4.74 Å². The molecule has 3 rings (SSSR count). The first-order valence-corrected chi connectivity index (χ1v) is 10.6. The highest BCUT2D eigenvalue weighted by molar-refractivity contribution is 7.11. The lowest BCUT2D eigenvalue weighted by molar-refractivity contribution is 0.201. The molecule has 2 aromatic rings. The Labute approximate surface area is 165 Å². The average Bonchev–Trinajstić information content (AvgIpc) is 3.37. The van der Waals surface area contributed by atoms with E-state index >= 15 is 0 Å². The van der Waals surface area contributed by atoms with Gasteiger partial charge in [-0.2, -0.15) is 0 Å². The Morgan fingerprint density at radius 1 is 1.22 bits per heavy atom. The van der Waals surface area contributed by atoms with E-state index in [2.05, 4.69) is 38.6 Å². The van der Waals surface area contributed by atoms with E-state index < -0.39 is 0 Å². The number of hydrogen-bond donors (Lipinski definition) is 2. The van der Waals surface area contributed by atoms with Gasteiger partial charge in [0.2, 0.25) is 5.88 Å². The first-order valence-electron chi connectivity index (χ1n) is 9.76. The number of nitrogens with one attached hydrogen (secondary N) is 2. The van der Waals surface area contributed by atoms with Crippen LogP contribution in [0.1, 0.15) is 48.1 Å². The SMILES string of the molecule is CCc1cnc(CCNC(=NC)NCc2ccc(OC3CCCC3)nc2)s1. The minimum Gasteiger partial charge on any atom is -0.474 e. The van der Waals surface area contributed by atoms with Crippen molar-refractivity contribution in [2.75, 3.05) is 13.6 Å². The van der Waals surface area contributed by atoms with Crippen LogP contribution in [0.15, 0.2) is 29.5 Å². The third kappa shape index (κ3) is 6.20. The van der Waals surface area contributed by atoms with Crippen molar-refractivity contribution in [1.82, 2.24) is 20.6 Å². The topological polar surface area (TPSA) is 71.4 Å². The van der Waals surface area contributed by atoms with Gasteiger partial charge in [-0.15, -0.1) is 11.3 Å². The van der Waals surface area contributed by atoms with Gasteiger partial charge < -0.3 is 15.4 Å². The van der Waals surface area contributed by atoms with Crippen molar-refractivity contribution >= 4 is 17.3 Å². The standard InChI is InChI=1S/C20H29N5OS/c1-3-17-14-24-19(27-17)10-11-22-20(21-2)25-13-15-8-9-18(23-12-15)26-16-6-4-5-7-16/h8-9,12,14,16H,3-7,10-11,13H2,1-2H3,(H2,21,22,25). The van der Waals surface area contributed by atoms with Crippen LogP contribution in [0.2, 0.25) is 0 Å². The summed E-state index contributed by atoms with van der Waals surface area (Å²) >= 11 is 1.78. The van der Waals surface area contributed by atoms with E-state index in [1.165, 1.54) is 17.7 Å². The molecule has 1 aliphatic carbocycles. The lowest BCUT2D eigenvalue weighted by Gasteiger charge is -2.13. The minimum atomic E-state index is 0.343. The van der Waals surface area contributed by atoms with Gasteiger partial charge in [-0.3, -0.25) is 4.99 Å². The molecule has 2 N–H and O–H groups in total. The molecule has 6 nitrogen and oxygen atoms in total. The largest absolute Gasteiger partial charge is 0.474 e. The van der Waals surface area contributed by atoms with E-state index in [0.29, 0.717) is 12.6 Å². The summed E-state index contributed by atoms with van der Waals surface area (Å²) in [6.07, 6.45) is 11.0. The van der Waals surface area contributed by atoms with Crippen molar-refractivity contribution in [3.8, 4) is 5.88 Å². The number of nitrogens with zero attached hydrogens (tertiary/aromatic N) is 3. The quantitative estimate of drug-likeness (QED) is 0.537.